The molecule has 0 unspecified atom stereocenters. The number of rotatable bonds is 9. The van der Waals surface area contributed by atoms with Gasteiger partial charge in [0.25, 0.3) is 5.91 Å². The first-order valence-electron chi connectivity index (χ1n) is 11.9. The van der Waals surface area contributed by atoms with Gasteiger partial charge in [-0.2, -0.15) is 13.2 Å². The van der Waals surface area contributed by atoms with Crippen LogP contribution in [0.5, 0.6) is 0 Å². The van der Waals surface area contributed by atoms with E-state index in [1.54, 1.807) is 24.3 Å². The fourth-order valence-corrected chi connectivity index (χ4v) is 4.16. The molecule has 6 nitrogen and oxygen atoms in total. The van der Waals surface area contributed by atoms with Crippen molar-refractivity contribution in [1.82, 2.24) is 15.3 Å². The van der Waals surface area contributed by atoms with E-state index in [0.29, 0.717) is 46.7 Å². The lowest BCUT2D eigenvalue weighted by atomic mass is 10.0. The third kappa shape index (κ3) is 7.08. The van der Waals surface area contributed by atoms with Gasteiger partial charge < -0.3 is 10.4 Å². The van der Waals surface area contributed by atoms with Crippen molar-refractivity contribution >= 4 is 34.5 Å². The number of nitrogens with zero attached hydrogens (tertiary/aromatic N) is 2. The van der Waals surface area contributed by atoms with Crippen LogP contribution in [0.4, 0.5) is 17.6 Å². The van der Waals surface area contributed by atoms with Gasteiger partial charge in [0, 0.05) is 22.6 Å². The van der Waals surface area contributed by atoms with Crippen LogP contribution in [0.2, 0.25) is 5.02 Å². The van der Waals surface area contributed by atoms with E-state index >= 15 is 0 Å². The Morgan fingerprint density at radius 1 is 0.923 bits per heavy atom. The van der Waals surface area contributed by atoms with Crippen LogP contribution in [-0.2, 0) is 11.2 Å². The molecule has 11 heteroatoms. The molecule has 0 saturated carbocycles. The highest BCUT2D eigenvalue weighted by atomic mass is 35.5. The molecule has 202 valence electrons. The Balaban J connectivity index is 1.66. The molecule has 4 rings (SSSR count). The number of aromatic nitrogens is 2. The maximum absolute atomic E-state index is 13.7. The number of aliphatic carboxylic acids is 1. The number of unbranched alkanes of at least 4 members (excludes halogenated alkanes) is 1. The molecule has 0 aliphatic heterocycles. The maximum atomic E-state index is 13.7. The molecule has 39 heavy (non-hydrogen) atoms. The van der Waals surface area contributed by atoms with Crippen LogP contribution >= 0.6 is 11.6 Å². The van der Waals surface area contributed by atoms with Gasteiger partial charge in [0.05, 0.1) is 22.4 Å². The molecule has 0 aliphatic carbocycles. The van der Waals surface area contributed by atoms with Gasteiger partial charge in [-0.1, -0.05) is 35.9 Å². The highest BCUT2D eigenvalue weighted by Gasteiger charge is 2.42. The predicted octanol–water partition coefficient (Wildman–Crippen LogP) is 6.92. The lowest BCUT2D eigenvalue weighted by Gasteiger charge is -2.22. The van der Waals surface area contributed by atoms with Crippen LogP contribution < -0.4 is 5.32 Å². The number of carbonyl (C=O) groups excluding carboxylic acids is 1. The SMILES string of the molecule is O=C(O)CCCCc1nc2cc(C(=O)N[C@H](c3ccc(F)cc3)C(F)(F)F)ccc2nc1-c1ccc(Cl)cc1. The summed E-state index contributed by atoms with van der Waals surface area (Å²) >= 11 is 6.01. The van der Waals surface area contributed by atoms with Gasteiger partial charge in [0.1, 0.15) is 5.82 Å². The van der Waals surface area contributed by atoms with Crippen LogP contribution in [-0.4, -0.2) is 33.1 Å². The van der Waals surface area contributed by atoms with E-state index in [4.69, 9.17) is 16.7 Å². The van der Waals surface area contributed by atoms with Crippen LogP contribution in [0.15, 0.2) is 66.7 Å². The Bertz CT molecular complexity index is 1490. The molecule has 0 radical (unpaired) electrons. The molecule has 1 amide bonds. The summed E-state index contributed by atoms with van der Waals surface area (Å²) in [7, 11) is 0. The number of halogens is 5. The number of carboxylic acid groups (broad SMARTS) is 1. The summed E-state index contributed by atoms with van der Waals surface area (Å²) < 4.78 is 54.5. The van der Waals surface area contributed by atoms with Gasteiger partial charge in [-0.15, -0.1) is 0 Å². The number of nitrogens with one attached hydrogen (secondary N) is 1. The van der Waals surface area contributed by atoms with Crippen molar-refractivity contribution in [2.24, 2.45) is 0 Å². The minimum atomic E-state index is -4.82. The van der Waals surface area contributed by atoms with Gasteiger partial charge in [0.15, 0.2) is 6.04 Å². The number of aryl methyl sites for hydroxylation is 1. The van der Waals surface area contributed by atoms with E-state index in [0.717, 1.165) is 29.8 Å². The average molecular weight is 560 g/mol. The van der Waals surface area contributed by atoms with Crippen molar-refractivity contribution in [3.63, 3.8) is 0 Å². The summed E-state index contributed by atoms with van der Waals surface area (Å²) in [6.45, 7) is 0. The van der Waals surface area contributed by atoms with Gasteiger partial charge in [-0.25, -0.2) is 14.4 Å². The molecule has 0 aliphatic rings. The first kappa shape index (κ1) is 28.0. The molecule has 2 N–H and O–H groups in total. The minimum absolute atomic E-state index is 0.00393. The van der Waals surface area contributed by atoms with Crippen LogP contribution in [0.25, 0.3) is 22.3 Å². The van der Waals surface area contributed by atoms with Crippen molar-refractivity contribution < 1.29 is 32.3 Å². The van der Waals surface area contributed by atoms with Crippen molar-refractivity contribution in [2.75, 3.05) is 0 Å². The maximum Gasteiger partial charge on any atom is 0.412 e. The van der Waals surface area contributed by atoms with E-state index in [9.17, 15) is 27.2 Å². The zero-order valence-corrected chi connectivity index (χ0v) is 21.1. The number of carbonyl (C=O) groups is 2. The normalized spacial score (nSPS) is 12.3. The lowest BCUT2D eigenvalue weighted by molar-refractivity contribution is -0.155. The van der Waals surface area contributed by atoms with Gasteiger partial charge in [-0.05, 0) is 67.3 Å². The molecule has 4 aromatic rings. The van der Waals surface area contributed by atoms with Gasteiger partial charge in [0.2, 0.25) is 0 Å². The number of carboxylic acids is 1. The van der Waals surface area contributed by atoms with Crippen molar-refractivity contribution in [3.8, 4) is 11.3 Å². The molecule has 3 aromatic carbocycles. The number of hydrogen-bond donors (Lipinski definition) is 2. The van der Waals surface area contributed by atoms with Crippen molar-refractivity contribution in [2.45, 2.75) is 37.9 Å². The second-order valence-corrected chi connectivity index (χ2v) is 9.27. The van der Waals surface area contributed by atoms with E-state index in [-0.39, 0.29) is 17.5 Å². The lowest BCUT2D eigenvalue weighted by Crippen LogP contribution is -2.38. The highest BCUT2D eigenvalue weighted by Crippen LogP contribution is 2.33. The predicted molar refractivity (Wildman–Crippen MR) is 138 cm³/mol. The Hall–Kier alpha value is -4.05. The van der Waals surface area contributed by atoms with Crippen LogP contribution in [0.3, 0.4) is 0 Å². The Labute approximate surface area is 225 Å². The summed E-state index contributed by atoms with van der Waals surface area (Å²) in [4.78, 5) is 33.1. The molecule has 0 bridgehead atoms. The smallest absolute Gasteiger partial charge is 0.412 e. The van der Waals surface area contributed by atoms with Crippen LogP contribution in [0.1, 0.15) is 46.9 Å². The van der Waals surface area contributed by atoms with E-state index in [1.807, 2.05) is 5.32 Å². The third-order valence-corrected chi connectivity index (χ3v) is 6.23. The standard InChI is InChI=1S/C28H22ClF4N3O3/c29-19-10-5-16(6-11-19)25-22(3-1-2-4-24(37)38)34-23-15-18(9-14-21(23)35-25)27(39)36-26(28(31,32)33)17-7-12-20(30)13-8-17/h5-15,26H,1-4H2,(H,36,39)(H,37,38)/t26-/m1/s1. The molecule has 1 aromatic heterocycles. The number of alkyl halides is 3. The molecule has 1 atom stereocenters. The van der Waals surface area contributed by atoms with E-state index < -0.39 is 29.9 Å². The molecule has 0 saturated heterocycles. The molecule has 0 spiro atoms. The molecule has 1 heterocycles. The summed E-state index contributed by atoms with van der Waals surface area (Å²) in [5.74, 6) is -2.60. The monoisotopic (exact) mass is 559 g/mol. The summed E-state index contributed by atoms with van der Waals surface area (Å²) in [5.41, 5.74) is 2.16. The summed E-state index contributed by atoms with van der Waals surface area (Å²) in [6, 6.07) is 12.5. The Morgan fingerprint density at radius 3 is 2.26 bits per heavy atom. The number of benzene rings is 3. The zero-order valence-electron chi connectivity index (χ0n) is 20.3. The highest BCUT2D eigenvalue weighted by molar-refractivity contribution is 6.30. The third-order valence-electron chi connectivity index (χ3n) is 5.98. The van der Waals surface area contributed by atoms with Gasteiger partial charge in [-0.3, -0.25) is 9.59 Å². The first-order valence-corrected chi connectivity index (χ1v) is 12.3. The fourth-order valence-electron chi connectivity index (χ4n) is 4.04. The average Bonchev–Trinajstić information content (AvgIpc) is 2.89. The topological polar surface area (TPSA) is 92.2 Å². The number of amides is 1. The van der Waals surface area contributed by atoms with E-state index in [1.165, 1.54) is 18.2 Å². The minimum Gasteiger partial charge on any atom is -0.481 e. The van der Waals surface area contributed by atoms with Crippen molar-refractivity contribution in [3.05, 3.63) is 94.4 Å². The quantitative estimate of drug-likeness (QED) is 0.171. The second kappa shape index (κ2) is 11.8. The summed E-state index contributed by atoms with van der Waals surface area (Å²) in [6.07, 6.45) is -3.50. The van der Waals surface area contributed by atoms with Crippen molar-refractivity contribution in [1.29, 1.82) is 0 Å². The van der Waals surface area contributed by atoms with Crippen LogP contribution in [0, 0.1) is 5.82 Å². The Morgan fingerprint density at radius 2 is 1.62 bits per heavy atom. The first-order chi connectivity index (χ1) is 18.5. The largest absolute Gasteiger partial charge is 0.481 e. The molecule has 0 fully saturated rings. The fraction of sp³-hybridized carbons (Fsp3) is 0.214. The summed E-state index contributed by atoms with van der Waals surface area (Å²) in [5, 5.41) is 11.4. The van der Waals surface area contributed by atoms with Gasteiger partial charge >= 0.3 is 12.1 Å². The second-order valence-electron chi connectivity index (χ2n) is 8.83. The Kier molecular flexibility index (Phi) is 8.44. The molecular weight excluding hydrogens is 538 g/mol. The molecular formula is C28H22ClF4N3O3. The van der Waals surface area contributed by atoms with E-state index in [2.05, 4.69) is 9.97 Å². The zero-order chi connectivity index (χ0) is 28.2. The number of hydrogen-bond acceptors (Lipinski definition) is 4. The number of fused-ring (bicyclic) bond motifs is 1.